The molecule has 4 heteroatoms. The van der Waals surface area contributed by atoms with Crippen molar-refractivity contribution >= 4 is 5.65 Å². The van der Waals surface area contributed by atoms with E-state index in [2.05, 4.69) is 4.98 Å². The lowest BCUT2D eigenvalue weighted by atomic mass is 10.1. The van der Waals surface area contributed by atoms with Crippen LogP contribution in [0.3, 0.4) is 0 Å². The van der Waals surface area contributed by atoms with Crippen LogP contribution in [-0.4, -0.2) is 23.1 Å². The second-order valence-electron chi connectivity index (χ2n) is 4.33. The molecule has 0 bridgehead atoms. The molecule has 17 heavy (non-hydrogen) atoms. The van der Waals surface area contributed by atoms with Crippen LogP contribution in [0.4, 0.5) is 0 Å². The summed E-state index contributed by atoms with van der Waals surface area (Å²) in [5, 5.41) is 0. The molecule has 0 aliphatic carbocycles. The highest BCUT2D eigenvalue weighted by atomic mass is 16.5. The highest BCUT2D eigenvalue weighted by molar-refractivity contribution is 5.54. The van der Waals surface area contributed by atoms with Crippen molar-refractivity contribution in [1.29, 1.82) is 0 Å². The van der Waals surface area contributed by atoms with E-state index in [0.717, 1.165) is 36.5 Å². The smallest absolute Gasteiger partial charge is 0.180 e. The van der Waals surface area contributed by atoms with Crippen LogP contribution >= 0.6 is 0 Å². The summed E-state index contributed by atoms with van der Waals surface area (Å²) in [5.74, 6) is 0.801. The molecule has 0 radical (unpaired) electrons. The number of fused-ring (bicyclic) bond motifs is 1. The maximum absolute atomic E-state index is 5.75. The van der Waals surface area contributed by atoms with Crippen molar-refractivity contribution in [2.75, 3.05) is 13.7 Å². The summed E-state index contributed by atoms with van der Waals surface area (Å²) < 4.78 is 13.0. The first-order chi connectivity index (χ1) is 8.38. The summed E-state index contributed by atoms with van der Waals surface area (Å²) in [7, 11) is 1.67. The largest absolute Gasteiger partial charge is 0.493 e. The zero-order valence-electron chi connectivity index (χ0n) is 9.93. The minimum Gasteiger partial charge on any atom is -0.493 e. The topological polar surface area (TPSA) is 35.8 Å². The van der Waals surface area contributed by atoms with E-state index in [4.69, 9.17) is 9.47 Å². The molecule has 3 rings (SSSR count). The molecule has 1 aliphatic heterocycles. The summed E-state index contributed by atoms with van der Waals surface area (Å²) in [5.41, 5.74) is 1.87. The van der Waals surface area contributed by atoms with Gasteiger partial charge in [-0.1, -0.05) is 0 Å². The molecule has 0 aromatic carbocycles. The minimum absolute atomic E-state index is 0.147. The van der Waals surface area contributed by atoms with E-state index in [1.165, 1.54) is 6.42 Å². The lowest BCUT2D eigenvalue weighted by molar-refractivity contribution is 0.0126. The number of ether oxygens (including phenoxy) is 2. The van der Waals surface area contributed by atoms with Crippen molar-refractivity contribution in [3.63, 3.8) is 0 Å². The molecule has 1 saturated heterocycles. The van der Waals surface area contributed by atoms with Gasteiger partial charge < -0.3 is 13.9 Å². The Morgan fingerprint density at radius 1 is 1.47 bits per heavy atom. The monoisotopic (exact) mass is 232 g/mol. The Labute approximate surface area is 100 Å². The number of hydrogen-bond acceptors (Lipinski definition) is 3. The van der Waals surface area contributed by atoms with Gasteiger partial charge in [-0.05, 0) is 31.4 Å². The van der Waals surface area contributed by atoms with Gasteiger partial charge in [0.25, 0.3) is 0 Å². The van der Waals surface area contributed by atoms with E-state index in [9.17, 15) is 0 Å². The Bertz CT molecular complexity index is 515. The van der Waals surface area contributed by atoms with E-state index in [1.54, 1.807) is 7.11 Å². The maximum atomic E-state index is 5.75. The third-order valence-corrected chi connectivity index (χ3v) is 3.20. The van der Waals surface area contributed by atoms with E-state index in [-0.39, 0.29) is 6.10 Å². The van der Waals surface area contributed by atoms with Crippen molar-refractivity contribution in [2.45, 2.75) is 25.4 Å². The molecule has 1 unspecified atom stereocenters. The van der Waals surface area contributed by atoms with Crippen LogP contribution < -0.4 is 4.74 Å². The van der Waals surface area contributed by atoms with Gasteiger partial charge in [0, 0.05) is 19.0 Å². The average molecular weight is 232 g/mol. The molecule has 1 fully saturated rings. The number of pyridine rings is 1. The molecule has 0 spiro atoms. The van der Waals surface area contributed by atoms with Crippen molar-refractivity contribution in [1.82, 2.24) is 9.38 Å². The number of nitrogens with zero attached hydrogens (tertiary/aromatic N) is 2. The second kappa shape index (κ2) is 4.37. The predicted octanol–water partition coefficient (Wildman–Crippen LogP) is 2.58. The fourth-order valence-corrected chi connectivity index (χ4v) is 2.29. The summed E-state index contributed by atoms with van der Waals surface area (Å²) in [6.07, 6.45) is 7.61. The second-order valence-corrected chi connectivity index (χ2v) is 4.33. The number of methoxy groups -OCH3 is 1. The molecule has 1 aliphatic rings. The van der Waals surface area contributed by atoms with Crippen LogP contribution in [-0.2, 0) is 4.74 Å². The standard InChI is InChI=1S/C13H16N2O2/c1-16-12-6-4-7-15-9-10(14-13(12)15)11-5-2-3-8-17-11/h4,6-7,9,11H,2-3,5,8H2,1H3. The Kier molecular flexibility index (Phi) is 2.73. The third kappa shape index (κ3) is 1.89. The van der Waals surface area contributed by atoms with Crippen LogP contribution in [0.1, 0.15) is 31.1 Å². The summed E-state index contributed by atoms with van der Waals surface area (Å²) in [4.78, 5) is 4.62. The zero-order valence-corrected chi connectivity index (χ0v) is 9.93. The Hall–Kier alpha value is -1.55. The zero-order chi connectivity index (χ0) is 11.7. The summed E-state index contributed by atoms with van der Waals surface area (Å²) in [6.45, 7) is 0.843. The van der Waals surface area contributed by atoms with Gasteiger partial charge in [0.15, 0.2) is 11.4 Å². The average Bonchev–Trinajstić information content (AvgIpc) is 2.83. The third-order valence-electron chi connectivity index (χ3n) is 3.20. The SMILES string of the molecule is COc1cccn2cc(C3CCCCO3)nc12. The van der Waals surface area contributed by atoms with Gasteiger partial charge in [0.1, 0.15) is 6.10 Å². The van der Waals surface area contributed by atoms with Crippen molar-refractivity contribution in [3.8, 4) is 5.75 Å². The van der Waals surface area contributed by atoms with E-state index >= 15 is 0 Å². The van der Waals surface area contributed by atoms with E-state index < -0.39 is 0 Å². The molecule has 0 N–H and O–H groups in total. The molecule has 0 saturated carbocycles. The van der Waals surface area contributed by atoms with E-state index in [0.29, 0.717) is 0 Å². The lowest BCUT2D eigenvalue weighted by Gasteiger charge is -2.20. The maximum Gasteiger partial charge on any atom is 0.180 e. The minimum atomic E-state index is 0.147. The first-order valence-electron chi connectivity index (χ1n) is 6.01. The number of hydrogen-bond donors (Lipinski definition) is 0. The fraction of sp³-hybridized carbons (Fsp3) is 0.462. The molecule has 4 nitrogen and oxygen atoms in total. The van der Waals surface area contributed by atoms with Crippen LogP contribution in [0.2, 0.25) is 0 Å². The number of rotatable bonds is 2. The fourth-order valence-electron chi connectivity index (χ4n) is 2.29. The number of aromatic nitrogens is 2. The molecule has 3 heterocycles. The van der Waals surface area contributed by atoms with Gasteiger partial charge in [0.2, 0.25) is 0 Å². The van der Waals surface area contributed by atoms with E-state index in [1.807, 2.05) is 28.9 Å². The van der Waals surface area contributed by atoms with Gasteiger partial charge in [-0.3, -0.25) is 0 Å². The van der Waals surface area contributed by atoms with Gasteiger partial charge in [-0.15, -0.1) is 0 Å². The van der Waals surface area contributed by atoms with Gasteiger partial charge in [0.05, 0.1) is 12.8 Å². The Balaban J connectivity index is 2.00. The van der Waals surface area contributed by atoms with Gasteiger partial charge in [-0.25, -0.2) is 4.98 Å². The first kappa shape index (κ1) is 10.6. The Morgan fingerprint density at radius 2 is 2.41 bits per heavy atom. The highest BCUT2D eigenvalue weighted by Gasteiger charge is 2.19. The molecular formula is C13H16N2O2. The van der Waals surface area contributed by atoms with Crippen molar-refractivity contribution < 1.29 is 9.47 Å². The van der Waals surface area contributed by atoms with Crippen molar-refractivity contribution in [2.24, 2.45) is 0 Å². The van der Waals surface area contributed by atoms with Gasteiger partial charge in [-0.2, -0.15) is 0 Å². The van der Waals surface area contributed by atoms with Gasteiger partial charge >= 0.3 is 0 Å². The molecule has 1 atom stereocenters. The van der Waals surface area contributed by atoms with Crippen LogP contribution in [0.15, 0.2) is 24.5 Å². The highest BCUT2D eigenvalue weighted by Crippen LogP contribution is 2.29. The van der Waals surface area contributed by atoms with Crippen LogP contribution in [0.25, 0.3) is 5.65 Å². The van der Waals surface area contributed by atoms with Crippen LogP contribution in [0.5, 0.6) is 5.75 Å². The predicted molar refractivity (Wildman–Crippen MR) is 64.3 cm³/mol. The lowest BCUT2D eigenvalue weighted by Crippen LogP contribution is -2.11. The molecule has 2 aromatic heterocycles. The Morgan fingerprint density at radius 3 is 3.18 bits per heavy atom. The first-order valence-corrected chi connectivity index (χ1v) is 6.01. The normalized spacial score (nSPS) is 20.6. The summed E-state index contributed by atoms with van der Waals surface area (Å²) in [6, 6.07) is 3.88. The molecule has 2 aromatic rings. The van der Waals surface area contributed by atoms with Crippen molar-refractivity contribution in [3.05, 3.63) is 30.2 Å². The molecular weight excluding hydrogens is 216 g/mol. The van der Waals surface area contributed by atoms with Crippen LogP contribution in [0, 0.1) is 0 Å². The molecule has 0 amide bonds. The summed E-state index contributed by atoms with van der Waals surface area (Å²) >= 11 is 0. The number of imidazole rings is 1. The quantitative estimate of drug-likeness (QED) is 0.798. The molecule has 90 valence electrons.